The number of pyridine rings is 1. The number of aryl methyl sites for hydroxylation is 2. The van der Waals surface area contributed by atoms with Gasteiger partial charge in [0.2, 0.25) is 0 Å². The molecule has 0 unspecified atom stereocenters. The number of carbonyl (C=O) groups excluding carboxylic acids is 1. The summed E-state index contributed by atoms with van der Waals surface area (Å²) in [7, 11) is 0. The van der Waals surface area contributed by atoms with E-state index in [1.807, 2.05) is 44.2 Å². The van der Waals surface area contributed by atoms with Gasteiger partial charge in [-0.3, -0.25) is 9.78 Å². The molecule has 3 aromatic rings. The van der Waals surface area contributed by atoms with Crippen molar-refractivity contribution in [2.24, 2.45) is 0 Å². The van der Waals surface area contributed by atoms with Crippen molar-refractivity contribution in [1.29, 1.82) is 0 Å². The van der Waals surface area contributed by atoms with Gasteiger partial charge in [-0.2, -0.15) is 0 Å². The predicted molar refractivity (Wildman–Crippen MR) is 96.6 cm³/mol. The fourth-order valence-corrected chi connectivity index (χ4v) is 2.28. The summed E-state index contributed by atoms with van der Waals surface area (Å²) in [6.45, 7) is 4.41. The monoisotopic (exact) mass is 333 g/mol. The number of hydrogen-bond acceptors (Lipinski definition) is 5. The molecule has 0 radical (unpaired) electrons. The Morgan fingerprint density at radius 3 is 2.64 bits per heavy atom. The number of rotatable bonds is 5. The van der Waals surface area contributed by atoms with E-state index in [4.69, 9.17) is 0 Å². The van der Waals surface area contributed by atoms with Crippen LogP contribution in [0.5, 0.6) is 0 Å². The van der Waals surface area contributed by atoms with Crippen molar-refractivity contribution in [1.82, 2.24) is 20.3 Å². The van der Waals surface area contributed by atoms with Crippen LogP contribution in [0.3, 0.4) is 0 Å². The van der Waals surface area contributed by atoms with Crippen molar-refractivity contribution in [3.05, 3.63) is 77.5 Å². The molecule has 0 saturated heterocycles. The molecule has 0 atom stereocenters. The first-order valence-corrected chi connectivity index (χ1v) is 7.96. The lowest BCUT2D eigenvalue weighted by Gasteiger charge is -2.10. The predicted octanol–water partition coefficient (Wildman–Crippen LogP) is 3.16. The van der Waals surface area contributed by atoms with Crippen LogP contribution >= 0.6 is 0 Å². The first kappa shape index (κ1) is 16.6. The van der Waals surface area contributed by atoms with Gasteiger partial charge in [0, 0.05) is 11.9 Å². The molecule has 126 valence electrons. The molecule has 0 spiro atoms. The maximum Gasteiger partial charge on any atom is 0.271 e. The zero-order valence-electron chi connectivity index (χ0n) is 14.2. The molecule has 0 saturated carbocycles. The molecule has 2 aromatic heterocycles. The highest BCUT2D eigenvalue weighted by Gasteiger charge is 2.08. The first-order chi connectivity index (χ1) is 12.1. The molecule has 0 fully saturated rings. The van der Waals surface area contributed by atoms with E-state index in [2.05, 4.69) is 31.7 Å². The third-order valence-electron chi connectivity index (χ3n) is 3.70. The lowest BCUT2D eigenvalue weighted by molar-refractivity contribution is 0.0945. The van der Waals surface area contributed by atoms with E-state index < -0.39 is 0 Å². The zero-order chi connectivity index (χ0) is 17.6. The summed E-state index contributed by atoms with van der Waals surface area (Å²) in [5.41, 5.74) is 4.30. The highest BCUT2D eigenvalue weighted by atomic mass is 16.1. The second-order valence-corrected chi connectivity index (χ2v) is 5.73. The van der Waals surface area contributed by atoms with Gasteiger partial charge in [0.05, 0.1) is 24.6 Å². The Balaban J connectivity index is 1.63. The number of carbonyl (C=O) groups is 1. The number of benzene rings is 1. The number of nitrogens with one attached hydrogen (secondary N) is 2. The van der Waals surface area contributed by atoms with Crippen molar-refractivity contribution in [2.45, 2.75) is 20.4 Å². The van der Waals surface area contributed by atoms with Crippen LogP contribution in [0, 0.1) is 13.8 Å². The van der Waals surface area contributed by atoms with E-state index in [-0.39, 0.29) is 11.6 Å². The van der Waals surface area contributed by atoms with Gasteiger partial charge in [0.1, 0.15) is 11.5 Å². The van der Waals surface area contributed by atoms with Crippen molar-refractivity contribution in [2.75, 3.05) is 5.32 Å². The van der Waals surface area contributed by atoms with E-state index in [1.54, 1.807) is 12.4 Å². The summed E-state index contributed by atoms with van der Waals surface area (Å²) in [6.07, 6.45) is 4.70. The van der Waals surface area contributed by atoms with Gasteiger partial charge in [-0.25, -0.2) is 9.97 Å². The highest BCUT2D eigenvalue weighted by Crippen LogP contribution is 2.20. The Morgan fingerprint density at radius 1 is 1.04 bits per heavy atom. The van der Waals surface area contributed by atoms with Gasteiger partial charge in [-0.05, 0) is 43.2 Å². The Kier molecular flexibility index (Phi) is 4.99. The molecule has 1 amide bonds. The van der Waals surface area contributed by atoms with Crippen molar-refractivity contribution < 1.29 is 4.79 Å². The van der Waals surface area contributed by atoms with Crippen molar-refractivity contribution in [3.8, 4) is 0 Å². The van der Waals surface area contributed by atoms with Crippen molar-refractivity contribution in [3.63, 3.8) is 0 Å². The van der Waals surface area contributed by atoms with Crippen LogP contribution in [-0.2, 0) is 6.54 Å². The van der Waals surface area contributed by atoms with Gasteiger partial charge in [0.15, 0.2) is 0 Å². The molecule has 0 aliphatic heterocycles. The van der Waals surface area contributed by atoms with Crippen LogP contribution in [0.25, 0.3) is 0 Å². The Bertz CT molecular complexity index is 863. The molecular formula is C19H19N5O. The van der Waals surface area contributed by atoms with Crippen LogP contribution in [0.2, 0.25) is 0 Å². The largest absolute Gasteiger partial charge is 0.345 e. The number of nitrogens with zero attached hydrogens (tertiary/aromatic N) is 3. The smallest absolute Gasteiger partial charge is 0.271 e. The lowest BCUT2D eigenvalue weighted by Crippen LogP contribution is -2.24. The van der Waals surface area contributed by atoms with Crippen LogP contribution in [-0.4, -0.2) is 20.9 Å². The van der Waals surface area contributed by atoms with Gasteiger partial charge in [0.25, 0.3) is 5.91 Å². The normalized spacial score (nSPS) is 10.3. The Labute approximate surface area is 146 Å². The fourth-order valence-electron chi connectivity index (χ4n) is 2.28. The molecule has 25 heavy (non-hydrogen) atoms. The molecule has 0 aliphatic rings. The average molecular weight is 333 g/mol. The zero-order valence-corrected chi connectivity index (χ0v) is 14.2. The third kappa shape index (κ3) is 4.38. The summed E-state index contributed by atoms with van der Waals surface area (Å²) >= 11 is 0. The summed E-state index contributed by atoms with van der Waals surface area (Å²) in [4.78, 5) is 24.7. The molecule has 0 bridgehead atoms. The lowest BCUT2D eigenvalue weighted by atomic mass is 10.1. The highest BCUT2D eigenvalue weighted by molar-refractivity contribution is 5.92. The molecule has 2 N–H and O–H groups in total. The SMILES string of the molecule is Cc1ccc(C)c(Nc2cnc(C(=O)NCc3ccccn3)cn2)c1. The van der Waals surface area contributed by atoms with Gasteiger partial charge in [-0.1, -0.05) is 18.2 Å². The van der Waals surface area contributed by atoms with E-state index in [1.165, 1.54) is 6.20 Å². The number of hydrogen-bond donors (Lipinski definition) is 2. The second-order valence-electron chi connectivity index (χ2n) is 5.73. The molecule has 3 rings (SSSR count). The van der Waals surface area contributed by atoms with Crippen LogP contribution in [0.1, 0.15) is 27.3 Å². The summed E-state index contributed by atoms with van der Waals surface area (Å²) in [5, 5.41) is 6.00. The summed E-state index contributed by atoms with van der Waals surface area (Å²) < 4.78 is 0. The van der Waals surface area contributed by atoms with E-state index in [9.17, 15) is 4.79 Å². The van der Waals surface area contributed by atoms with E-state index in [0.717, 1.165) is 22.5 Å². The van der Waals surface area contributed by atoms with E-state index >= 15 is 0 Å². The number of aromatic nitrogens is 3. The molecule has 0 aliphatic carbocycles. The minimum Gasteiger partial charge on any atom is -0.345 e. The fraction of sp³-hybridized carbons (Fsp3) is 0.158. The van der Waals surface area contributed by atoms with Crippen LogP contribution in [0.4, 0.5) is 11.5 Å². The maximum atomic E-state index is 12.1. The Hall–Kier alpha value is -3.28. The summed E-state index contributed by atoms with van der Waals surface area (Å²) in [6, 6.07) is 11.7. The second kappa shape index (κ2) is 7.53. The molecule has 6 nitrogen and oxygen atoms in total. The maximum absolute atomic E-state index is 12.1. The number of anilines is 2. The molecule has 6 heteroatoms. The topological polar surface area (TPSA) is 79.8 Å². The average Bonchev–Trinajstić information content (AvgIpc) is 2.64. The van der Waals surface area contributed by atoms with E-state index in [0.29, 0.717) is 12.4 Å². The quantitative estimate of drug-likeness (QED) is 0.750. The Morgan fingerprint density at radius 2 is 1.92 bits per heavy atom. The van der Waals surface area contributed by atoms with Crippen LogP contribution < -0.4 is 10.6 Å². The van der Waals surface area contributed by atoms with Gasteiger partial charge < -0.3 is 10.6 Å². The minimum absolute atomic E-state index is 0.266. The molecule has 1 aromatic carbocycles. The third-order valence-corrected chi connectivity index (χ3v) is 3.70. The standard InChI is InChI=1S/C19H19N5O/c1-13-6-7-14(2)16(9-13)24-18-12-21-17(11-22-18)19(25)23-10-15-5-3-4-8-20-15/h3-9,11-12H,10H2,1-2H3,(H,22,24)(H,23,25). The minimum atomic E-state index is -0.281. The number of amides is 1. The van der Waals surface area contributed by atoms with Crippen LogP contribution in [0.15, 0.2) is 55.0 Å². The van der Waals surface area contributed by atoms with Gasteiger partial charge in [-0.15, -0.1) is 0 Å². The van der Waals surface area contributed by atoms with Crippen molar-refractivity contribution >= 4 is 17.4 Å². The first-order valence-electron chi connectivity index (χ1n) is 7.96. The van der Waals surface area contributed by atoms with Gasteiger partial charge >= 0.3 is 0 Å². The molecule has 2 heterocycles. The molecular weight excluding hydrogens is 314 g/mol. The summed E-state index contributed by atoms with van der Waals surface area (Å²) in [5.74, 6) is 0.311.